The van der Waals surface area contributed by atoms with Crippen LogP contribution in [0.1, 0.15) is 29.8 Å². The van der Waals surface area contributed by atoms with Crippen LogP contribution in [-0.4, -0.2) is 32.3 Å². The van der Waals surface area contributed by atoms with E-state index in [0.29, 0.717) is 30.3 Å². The van der Waals surface area contributed by atoms with Crippen LogP contribution in [0.5, 0.6) is 11.5 Å². The Bertz CT molecular complexity index is 676. The summed E-state index contributed by atoms with van der Waals surface area (Å²) in [5, 5.41) is 2.99. The molecule has 0 heterocycles. The summed E-state index contributed by atoms with van der Waals surface area (Å²) in [6, 6.07) is 15.0. The maximum absolute atomic E-state index is 12.6. The van der Waals surface area contributed by atoms with E-state index in [0.717, 1.165) is 5.56 Å². The van der Waals surface area contributed by atoms with Gasteiger partial charge in [0.15, 0.2) is 0 Å². The largest absolute Gasteiger partial charge is 0.497 e. The minimum absolute atomic E-state index is 0.203. The molecule has 0 spiro atoms. The number of carbonyl (C=O) groups is 1. The molecule has 0 saturated heterocycles. The molecular weight excluding hydrogens is 318 g/mol. The zero-order chi connectivity index (χ0) is 18.3. The number of methoxy groups -OCH3 is 2. The second-order valence-electron chi connectivity index (χ2n) is 6.42. The average molecular weight is 343 g/mol. The normalized spacial score (nSPS) is 11.0. The molecule has 134 valence electrons. The molecule has 1 N–H and O–H groups in total. The molecule has 1 amide bonds. The first kappa shape index (κ1) is 18.8. The van der Waals surface area contributed by atoms with E-state index >= 15 is 0 Å². The van der Waals surface area contributed by atoms with Crippen molar-refractivity contribution in [3.05, 3.63) is 59.7 Å². The quantitative estimate of drug-likeness (QED) is 0.798. The molecule has 0 fully saturated rings. The standard InChI is InChI=1S/C20H25NO4/c1-20(2,14-25-13-15-8-6-5-7-9-15)21-19(22)16-10-17(23-3)12-18(11-16)24-4/h5-12H,13-14H2,1-4H3,(H,21,22). The summed E-state index contributed by atoms with van der Waals surface area (Å²) in [4.78, 5) is 12.6. The summed E-state index contributed by atoms with van der Waals surface area (Å²) in [5.74, 6) is 0.941. The Balaban J connectivity index is 1.96. The van der Waals surface area contributed by atoms with Crippen LogP contribution in [0.25, 0.3) is 0 Å². The number of carbonyl (C=O) groups excluding carboxylic acids is 1. The van der Waals surface area contributed by atoms with Crippen LogP contribution in [-0.2, 0) is 11.3 Å². The van der Waals surface area contributed by atoms with E-state index in [2.05, 4.69) is 5.32 Å². The van der Waals surface area contributed by atoms with Crippen LogP contribution in [0.4, 0.5) is 0 Å². The highest BCUT2D eigenvalue weighted by atomic mass is 16.5. The molecule has 0 bridgehead atoms. The van der Waals surface area contributed by atoms with Gasteiger partial charge in [0.1, 0.15) is 11.5 Å². The van der Waals surface area contributed by atoms with Gasteiger partial charge in [-0.15, -0.1) is 0 Å². The fraction of sp³-hybridized carbons (Fsp3) is 0.350. The number of amides is 1. The van der Waals surface area contributed by atoms with Crippen molar-refractivity contribution in [2.24, 2.45) is 0 Å². The van der Waals surface area contributed by atoms with Crippen molar-refractivity contribution in [3.63, 3.8) is 0 Å². The van der Waals surface area contributed by atoms with Gasteiger partial charge in [-0.1, -0.05) is 30.3 Å². The molecule has 5 heteroatoms. The predicted molar refractivity (Wildman–Crippen MR) is 97.2 cm³/mol. The van der Waals surface area contributed by atoms with Crippen molar-refractivity contribution in [1.82, 2.24) is 5.32 Å². The third-order valence-electron chi connectivity index (χ3n) is 3.64. The van der Waals surface area contributed by atoms with Gasteiger partial charge < -0.3 is 19.5 Å². The molecule has 0 aliphatic carbocycles. The van der Waals surface area contributed by atoms with Crippen molar-refractivity contribution in [3.8, 4) is 11.5 Å². The number of hydrogen-bond acceptors (Lipinski definition) is 4. The predicted octanol–water partition coefficient (Wildman–Crippen LogP) is 3.43. The van der Waals surface area contributed by atoms with E-state index in [1.54, 1.807) is 32.4 Å². The zero-order valence-electron chi connectivity index (χ0n) is 15.2. The van der Waals surface area contributed by atoms with Crippen LogP contribution in [0.3, 0.4) is 0 Å². The summed E-state index contributed by atoms with van der Waals surface area (Å²) in [7, 11) is 3.11. The molecule has 5 nitrogen and oxygen atoms in total. The average Bonchev–Trinajstić information content (AvgIpc) is 2.61. The summed E-state index contributed by atoms with van der Waals surface area (Å²) in [5.41, 5.74) is 1.07. The van der Waals surface area contributed by atoms with Gasteiger partial charge in [0.25, 0.3) is 5.91 Å². The highest BCUT2D eigenvalue weighted by Crippen LogP contribution is 2.23. The number of rotatable bonds is 8. The van der Waals surface area contributed by atoms with Crippen LogP contribution >= 0.6 is 0 Å². The van der Waals surface area contributed by atoms with Crippen molar-refractivity contribution in [2.75, 3.05) is 20.8 Å². The van der Waals surface area contributed by atoms with E-state index in [9.17, 15) is 4.79 Å². The Morgan fingerprint density at radius 2 is 1.60 bits per heavy atom. The van der Waals surface area contributed by atoms with Gasteiger partial charge in [-0.2, -0.15) is 0 Å². The van der Waals surface area contributed by atoms with Gasteiger partial charge >= 0.3 is 0 Å². The molecule has 0 saturated carbocycles. The van der Waals surface area contributed by atoms with E-state index in [1.807, 2.05) is 44.2 Å². The summed E-state index contributed by atoms with van der Waals surface area (Å²) in [6.45, 7) is 4.75. The molecule has 0 unspecified atom stereocenters. The fourth-order valence-electron chi connectivity index (χ4n) is 2.35. The van der Waals surface area contributed by atoms with Gasteiger partial charge in [-0.05, 0) is 31.5 Å². The highest BCUT2D eigenvalue weighted by molar-refractivity contribution is 5.95. The van der Waals surface area contributed by atoms with Gasteiger partial charge in [0.05, 0.1) is 33.0 Å². The second-order valence-corrected chi connectivity index (χ2v) is 6.42. The molecule has 2 aromatic rings. The Morgan fingerprint density at radius 3 is 2.16 bits per heavy atom. The molecule has 0 atom stereocenters. The van der Waals surface area contributed by atoms with Gasteiger partial charge in [0, 0.05) is 11.6 Å². The number of ether oxygens (including phenoxy) is 3. The van der Waals surface area contributed by atoms with Crippen molar-refractivity contribution < 1.29 is 19.0 Å². The molecule has 0 aliphatic rings. The fourth-order valence-corrected chi connectivity index (χ4v) is 2.35. The van der Waals surface area contributed by atoms with Crippen LogP contribution in [0.2, 0.25) is 0 Å². The summed E-state index contributed by atoms with van der Waals surface area (Å²) < 4.78 is 16.2. The van der Waals surface area contributed by atoms with E-state index < -0.39 is 5.54 Å². The molecular formula is C20H25NO4. The van der Waals surface area contributed by atoms with Crippen molar-refractivity contribution in [2.45, 2.75) is 26.0 Å². The Labute approximate surface area is 148 Å². The number of benzene rings is 2. The topological polar surface area (TPSA) is 56.8 Å². The van der Waals surface area contributed by atoms with E-state index in [-0.39, 0.29) is 5.91 Å². The molecule has 25 heavy (non-hydrogen) atoms. The lowest BCUT2D eigenvalue weighted by molar-refractivity contribution is 0.0616. The van der Waals surface area contributed by atoms with Crippen molar-refractivity contribution >= 4 is 5.91 Å². The lowest BCUT2D eigenvalue weighted by atomic mass is 10.1. The number of hydrogen-bond donors (Lipinski definition) is 1. The van der Waals surface area contributed by atoms with Crippen molar-refractivity contribution in [1.29, 1.82) is 0 Å². The molecule has 0 aromatic heterocycles. The minimum atomic E-state index is -0.512. The summed E-state index contributed by atoms with van der Waals surface area (Å²) >= 11 is 0. The first-order chi connectivity index (χ1) is 11.9. The lowest BCUT2D eigenvalue weighted by Crippen LogP contribution is -2.47. The minimum Gasteiger partial charge on any atom is -0.497 e. The lowest BCUT2D eigenvalue weighted by Gasteiger charge is -2.26. The third-order valence-corrected chi connectivity index (χ3v) is 3.64. The van der Waals surface area contributed by atoms with E-state index in [4.69, 9.17) is 14.2 Å². The zero-order valence-corrected chi connectivity index (χ0v) is 15.2. The van der Waals surface area contributed by atoms with Gasteiger partial charge in [0.2, 0.25) is 0 Å². The molecule has 2 rings (SSSR count). The Hall–Kier alpha value is -2.53. The van der Waals surface area contributed by atoms with Gasteiger partial charge in [-0.3, -0.25) is 4.79 Å². The van der Waals surface area contributed by atoms with Crippen LogP contribution < -0.4 is 14.8 Å². The first-order valence-electron chi connectivity index (χ1n) is 8.11. The summed E-state index contributed by atoms with van der Waals surface area (Å²) in [6.07, 6.45) is 0. The Kier molecular flexibility index (Phi) is 6.42. The molecule has 0 aliphatic heterocycles. The van der Waals surface area contributed by atoms with Crippen LogP contribution in [0, 0.1) is 0 Å². The molecule has 0 radical (unpaired) electrons. The highest BCUT2D eigenvalue weighted by Gasteiger charge is 2.22. The maximum Gasteiger partial charge on any atom is 0.252 e. The molecule has 2 aromatic carbocycles. The SMILES string of the molecule is COc1cc(OC)cc(C(=O)NC(C)(C)COCc2ccccc2)c1. The van der Waals surface area contributed by atoms with E-state index in [1.165, 1.54) is 0 Å². The first-order valence-corrected chi connectivity index (χ1v) is 8.11. The maximum atomic E-state index is 12.6. The monoisotopic (exact) mass is 343 g/mol. The Morgan fingerprint density at radius 1 is 1.00 bits per heavy atom. The second kappa shape index (κ2) is 8.53. The van der Waals surface area contributed by atoms with Crippen LogP contribution in [0.15, 0.2) is 48.5 Å². The third kappa shape index (κ3) is 5.80. The smallest absolute Gasteiger partial charge is 0.252 e. The van der Waals surface area contributed by atoms with Gasteiger partial charge in [-0.25, -0.2) is 0 Å². The number of nitrogens with one attached hydrogen (secondary N) is 1.